The van der Waals surface area contributed by atoms with Gasteiger partial charge in [0.25, 0.3) is 0 Å². The van der Waals surface area contributed by atoms with Gasteiger partial charge in [-0.25, -0.2) is 0 Å². The molecule has 0 amide bonds. The highest BCUT2D eigenvalue weighted by Gasteiger charge is 2.52. The number of hydrogen-bond donors (Lipinski definition) is 1. The Bertz CT molecular complexity index is 538. The molecule has 1 aromatic carbocycles. The Morgan fingerprint density at radius 2 is 1.73 bits per heavy atom. The topological polar surface area (TPSA) is 47.6 Å². The fourth-order valence-corrected chi connectivity index (χ4v) is 7.08. The quantitative estimate of drug-likeness (QED) is 0.676. The first-order chi connectivity index (χ1) is 10.5. The molecule has 0 bridgehead atoms. The maximum absolute atomic E-state index is 13.4. The van der Waals surface area contributed by atoms with Gasteiger partial charge in [0, 0.05) is 10.6 Å². The van der Waals surface area contributed by atoms with Crippen LogP contribution < -0.4 is 5.32 Å². The molecule has 0 radical (unpaired) electrons. The molecule has 1 aliphatic rings. The lowest BCUT2D eigenvalue weighted by molar-refractivity contribution is 0.207. The van der Waals surface area contributed by atoms with E-state index in [-0.39, 0.29) is 10.5 Å². The maximum atomic E-state index is 13.4. The Morgan fingerprint density at radius 3 is 2.27 bits per heavy atom. The Kier molecular flexibility index (Phi) is 6.00. The number of para-hydroxylation sites is 1. The van der Waals surface area contributed by atoms with Crippen molar-refractivity contribution < 1.29 is 13.6 Å². The number of anilines is 1. The number of benzene rings is 1. The number of thioether (sulfide) groups is 1. The lowest BCUT2D eigenvalue weighted by atomic mass is 10.0. The van der Waals surface area contributed by atoms with Crippen LogP contribution in [0.5, 0.6) is 0 Å². The summed E-state index contributed by atoms with van der Waals surface area (Å²) >= 11 is 1.80. The van der Waals surface area contributed by atoms with Crippen molar-refractivity contribution in [2.75, 3.05) is 18.5 Å². The zero-order chi connectivity index (χ0) is 16.2. The van der Waals surface area contributed by atoms with Crippen molar-refractivity contribution >= 4 is 25.0 Å². The van der Waals surface area contributed by atoms with Crippen LogP contribution in [0.25, 0.3) is 0 Å². The normalized spacial score (nSPS) is 20.3. The van der Waals surface area contributed by atoms with Gasteiger partial charge in [-0.1, -0.05) is 26.0 Å². The summed E-state index contributed by atoms with van der Waals surface area (Å²) in [5, 5.41) is 3.47. The minimum atomic E-state index is -3.24. The van der Waals surface area contributed by atoms with E-state index in [0.717, 1.165) is 18.5 Å². The molecule has 22 heavy (non-hydrogen) atoms. The Hall–Kier alpha value is -0.480. The predicted octanol–water partition coefficient (Wildman–Crippen LogP) is 5.36. The minimum Gasteiger partial charge on any atom is -0.369 e. The molecule has 124 valence electrons. The van der Waals surface area contributed by atoms with Gasteiger partial charge in [-0.15, -0.1) is 11.8 Å². The van der Waals surface area contributed by atoms with Gasteiger partial charge in [0.2, 0.25) is 0 Å². The van der Waals surface area contributed by atoms with E-state index in [2.05, 4.69) is 25.2 Å². The lowest BCUT2D eigenvalue weighted by Gasteiger charge is -2.45. The van der Waals surface area contributed by atoms with Gasteiger partial charge >= 0.3 is 7.60 Å². The summed E-state index contributed by atoms with van der Waals surface area (Å²) in [5.41, 5.74) is 1.01. The molecule has 0 aliphatic carbocycles. The first-order valence-electron chi connectivity index (χ1n) is 7.98. The zero-order valence-corrected chi connectivity index (χ0v) is 15.5. The van der Waals surface area contributed by atoms with Gasteiger partial charge in [-0.3, -0.25) is 4.57 Å². The second-order valence-corrected chi connectivity index (χ2v) is 8.86. The summed E-state index contributed by atoms with van der Waals surface area (Å²) in [6.07, 6.45) is 1.79. The molecule has 1 atom stereocenters. The first kappa shape index (κ1) is 17.9. The van der Waals surface area contributed by atoms with E-state index in [1.54, 1.807) is 11.8 Å². The molecule has 1 heterocycles. The third-order valence-corrected chi connectivity index (χ3v) is 8.58. The fourth-order valence-electron chi connectivity index (χ4n) is 2.92. The smallest absolute Gasteiger partial charge is 0.354 e. The average molecular weight is 343 g/mol. The van der Waals surface area contributed by atoms with Crippen molar-refractivity contribution in [3.8, 4) is 0 Å². The molecule has 1 N–H and O–H groups in total. The highest BCUT2D eigenvalue weighted by molar-refractivity contribution is 8.01. The van der Waals surface area contributed by atoms with Crippen molar-refractivity contribution in [2.24, 2.45) is 0 Å². The van der Waals surface area contributed by atoms with E-state index >= 15 is 0 Å². The highest BCUT2D eigenvalue weighted by atomic mass is 32.2. The van der Waals surface area contributed by atoms with Gasteiger partial charge in [0.05, 0.1) is 18.0 Å². The molecule has 4 nitrogen and oxygen atoms in total. The molecule has 0 spiro atoms. The van der Waals surface area contributed by atoms with E-state index in [0.29, 0.717) is 13.2 Å². The molecule has 0 saturated carbocycles. The van der Waals surface area contributed by atoms with Gasteiger partial charge in [0.15, 0.2) is 0 Å². The summed E-state index contributed by atoms with van der Waals surface area (Å²) in [4.78, 5) is 1.20. The zero-order valence-electron chi connectivity index (χ0n) is 13.8. The Balaban J connectivity index is 2.48. The molecule has 0 saturated heterocycles. The van der Waals surface area contributed by atoms with Crippen LogP contribution in [0.2, 0.25) is 0 Å². The molecular weight excluding hydrogens is 317 g/mol. The van der Waals surface area contributed by atoms with Crippen LogP contribution in [-0.4, -0.2) is 23.7 Å². The van der Waals surface area contributed by atoms with Crippen molar-refractivity contribution in [3.63, 3.8) is 0 Å². The number of nitrogens with one attached hydrogen (secondary N) is 1. The van der Waals surface area contributed by atoms with E-state index in [1.807, 2.05) is 32.0 Å². The molecule has 2 rings (SSSR count). The number of fused-ring (bicyclic) bond motifs is 1. The molecular formula is C16H26NO3PS. The largest absolute Gasteiger partial charge is 0.369 e. The third-order valence-electron chi connectivity index (χ3n) is 4.12. The van der Waals surface area contributed by atoms with Crippen molar-refractivity contribution in [1.29, 1.82) is 0 Å². The van der Waals surface area contributed by atoms with Crippen LogP contribution in [0.3, 0.4) is 0 Å². The maximum Gasteiger partial charge on any atom is 0.354 e. The summed E-state index contributed by atoms with van der Waals surface area (Å²) < 4.78 is 24.5. The van der Waals surface area contributed by atoms with Crippen LogP contribution in [0.15, 0.2) is 29.2 Å². The average Bonchev–Trinajstić information content (AvgIpc) is 2.54. The molecule has 0 unspecified atom stereocenters. The molecule has 0 aromatic heterocycles. The first-order valence-corrected chi connectivity index (χ1v) is 10.4. The highest BCUT2D eigenvalue weighted by Crippen LogP contribution is 2.64. The van der Waals surface area contributed by atoms with Crippen LogP contribution >= 0.6 is 19.4 Å². The summed E-state index contributed by atoms with van der Waals surface area (Å²) in [7, 11) is -3.24. The molecule has 6 heteroatoms. The van der Waals surface area contributed by atoms with Crippen molar-refractivity contribution in [3.05, 3.63) is 24.3 Å². The molecule has 1 aliphatic heterocycles. The second kappa shape index (κ2) is 7.39. The van der Waals surface area contributed by atoms with E-state index < -0.39 is 7.60 Å². The molecule has 0 fully saturated rings. The predicted molar refractivity (Wildman–Crippen MR) is 93.9 cm³/mol. The summed E-state index contributed by atoms with van der Waals surface area (Å²) in [6.45, 7) is 8.75. The van der Waals surface area contributed by atoms with Crippen LogP contribution in [-0.2, 0) is 13.6 Å². The van der Waals surface area contributed by atoms with Crippen molar-refractivity contribution in [1.82, 2.24) is 0 Å². The van der Waals surface area contributed by atoms with E-state index in [9.17, 15) is 4.57 Å². The van der Waals surface area contributed by atoms with Crippen LogP contribution in [0.4, 0.5) is 5.69 Å². The summed E-state index contributed by atoms with van der Waals surface area (Å²) in [5.74, 6) is -0.338. The number of rotatable bonds is 7. The second-order valence-electron chi connectivity index (χ2n) is 5.29. The fraction of sp³-hybridized carbons (Fsp3) is 0.625. The minimum absolute atomic E-state index is 0.200. The van der Waals surface area contributed by atoms with Gasteiger partial charge in [0.1, 0.15) is 5.78 Å². The molecule has 1 aromatic rings. The van der Waals surface area contributed by atoms with Gasteiger partial charge in [-0.2, -0.15) is 0 Å². The van der Waals surface area contributed by atoms with E-state index in [4.69, 9.17) is 9.05 Å². The monoisotopic (exact) mass is 343 g/mol. The van der Waals surface area contributed by atoms with Crippen LogP contribution in [0.1, 0.15) is 40.5 Å². The van der Waals surface area contributed by atoms with E-state index in [1.165, 1.54) is 4.90 Å². The van der Waals surface area contributed by atoms with Gasteiger partial charge < -0.3 is 14.4 Å². The lowest BCUT2D eigenvalue weighted by Crippen LogP contribution is -2.46. The van der Waals surface area contributed by atoms with Gasteiger partial charge in [-0.05, 0) is 38.8 Å². The third kappa shape index (κ3) is 3.23. The Morgan fingerprint density at radius 1 is 1.14 bits per heavy atom. The summed E-state index contributed by atoms with van der Waals surface area (Å²) in [6, 6.07) is 8.15. The SMILES string of the molecule is CCOP(=O)(OCC)[C@@H]1Nc2ccccc2SC1(CC)CC. The standard InChI is InChI=1S/C16H26NO3PS/c1-5-16(6-2)15(21(18,19-7-3)20-8-4)17-13-11-9-10-12-14(13)22-16/h9-12,15,17H,5-8H2,1-4H3/t15-/m0/s1. The number of hydrogen-bond acceptors (Lipinski definition) is 5. The Labute approximate surface area is 137 Å². The van der Waals surface area contributed by atoms with Crippen LogP contribution in [0, 0.1) is 0 Å². The van der Waals surface area contributed by atoms with Crippen molar-refractivity contribution in [2.45, 2.75) is 56.0 Å².